The van der Waals surface area contributed by atoms with Crippen LogP contribution in [-0.4, -0.2) is 43.3 Å². The highest BCUT2D eigenvalue weighted by atomic mass is 28.4. The molecular formula is C34H45NO4Si. The summed E-state index contributed by atoms with van der Waals surface area (Å²) in [5, 5.41) is 2.24. The normalized spacial score (nSPS) is 21.4. The van der Waals surface area contributed by atoms with E-state index in [9.17, 15) is 9.59 Å². The second-order valence-electron chi connectivity index (χ2n) is 13.7. The van der Waals surface area contributed by atoms with E-state index < -0.39 is 19.3 Å². The van der Waals surface area contributed by atoms with Crippen molar-refractivity contribution in [2.75, 3.05) is 6.54 Å². The molecule has 6 heteroatoms. The van der Waals surface area contributed by atoms with Crippen molar-refractivity contribution < 1.29 is 18.8 Å². The Morgan fingerprint density at radius 1 is 0.950 bits per heavy atom. The number of benzene rings is 2. The lowest BCUT2D eigenvalue weighted by molar-refractivity contribution is -0.125. The minimum atomic E-state index is -2.84. The molecule has 0 saturated carbocycles. The molecule has 4 rings (SSSR count). The summed E-state index contributed by atoms with van der Waals surface area (Å²) >= 11 is 0. The summed E-state index contributed by atoms with van der Waals surface area (Å²) < 4.78 is 13.2. The summed E-state index contributed by atoms with van der Waals surface area (Å²) in [6.07, 6.45) is 6.32. The van der Waals surface area contributed by atoms with E-state index in [2.05, 4.69) is 89.2 Å². The summed E-state index contributed by atoms with van der Waals surface area (Å²) in [6.45, 7) is 17.3. The monoisotopic (exact) mass is 559 g/mol. The number of rotatable bonds is 6. The molecule has 2 aliphatic rings. The average molecular weight is 560 g/mol. The van der Waals surface area contributed by atoms with E-state index in [0.717, 1.165) is 12.1 Å². The maximum atomic E-state index is 13.5. The molecule has 0 radical (unpaired) electrons. The molecule has 214 valence electrons. The summed E-state index contributed by atoms with van der Waals surface area (Å²) in [6, 6.07) is 21.2. The summed E-state index contributed by atoms with van der Waals surface area (Å²) in [5.41, 5.74) is -0.232. The molecule has 5 nitrogen and oxygen atoms in total. The molecule has 1 aliphatic heterocycles. The number of hydrogen-bond acceptors (Lipinski definition) is 4. The van der Waals surface area contributed by atoms with Crippen molar-refractivity contribution in [3.8, 4) is 0 Å². The van der Waals surface area contributed by atoms with Crippen molar-refractivity contribution in [1.82, 2.24) is 4.90 Å². The fraction of sp³-hybridized carbons (Fsp3) is 0.471. The SMILES string of the molecule is CC(C)(C)OC(=O)N1CCC=C1C[C@@H]1C(=O)C=C[C@H](O[Si](c2ccccc2)(c2ccccc2)C(C)(C)C)C1(C)C. The van der Waals surface area contributed by atoms with E-state index in [1.807, 2.05) is 39.0 Å². The Hall–Kier alpha value is -2.96. The maximum Gasteiger partial charge on any atom is 0.414 e. The highest BCUT2D eigenvalue weighted by Crippen LogP contribution is 2.46. The first-order chi connectivity index (χ1) is 18.7. The van der Waals surface area contributed by atoms with Crippen LogP contribution in [0.4, 0.5) is 4.79 Å². The molecule has 1 aliphatic carbocycles. The van der Waals surface area contributed by atoms with E-state index in [-0.39, 0.29) is 28.9 Å². The Morgan fingerprint density at radius 2 is 1.50 bits per heavy atom. The van der Waals surface area contributed by atoms with Crippen molar-refractivity contribution in [3.05, 3.63) is 84.6 Å². The Kier molecular flexibility index (Phi) is 8.35. The van der Waals surface area contributed by atoms with Gasteiger partial charge in [0.05, 0.1) is 6.10 Å². The van der Waals surface area contributed by atoms with Crippen molar-refractivity contribution in [2.45, 2.75) is 85.0 Å². The number of allylic oxidation sites excluding steroid dienone is 2. The number of hydrogen-bond donors (Lipinski definition) is 0. The van der Waals surface area contributed by atoms with Gasteiger partial charge < -0.3 is 9.16 Å². The Bertz CT molecular complexity index is 1230. The lowest BCUT2D eigenvalue weighted by Crippen LogP contribution is -2.69. The van der Waals surface area contributed by atoms with Gasteiger partial charge in [0.15, 0.2) is 5.78 Å². The summed E-state index contributed by atoms with van der Waals surface area (Å²) in [7, 11) is -2.84. The molecular weight excluding hydrogens is 514 g/mol. The van der Waals surface area contributed by atoms with Crippen LogP contribution in [-0.2, 0) is 14.0 Å². The van der Waals surface area contributed by atoms with Crippen LogP contribution in [0.25, 0.3) is 0 Å². The van der Waals surface area contributed by atoms with Crippen LogP contribution in [0, 0.1) is 11.3 Å². The second-order valence-corrected chi connectivity index (χ2v) is 17.9. The predicted molar refractivity (Wildman–Crippen MR) is 164 cm³/mol. The first-order valence-electron chi connectivity index (χ1n) is 14.4. The van der Waals surface area contributed by atoms with E-state index in [0.29, 0.717) is 13.0 Å². The molecule has 0 aromatic heterocycles. The van der Waals surface area contributed by atoms with E-state index in [1.54, 1.807) is 11.0 Å². The van der Waals surface area contributed by atoms with Crippen LogP contribution in [0.2, 0.25) is 5.04 Å². The van der Waals surface area contributed by atoms with Gasteiger partial charge in [0.25, 0.3) is 8.32 Å². The number of amides is 1. The Morgan fingerprint density at radius 3 is 2.00 bits per heavy atom. The first kappa shape index (κ1) is 30.0. The molecule has 1 heterocycles. The first-order valence-corrected chi connectivity index (χ1v) is 16.3. The predicted octanol–water partition coefficient (Wildman–Crippen LogP) is 6.63. The molecule has 40 heavy (non-hydrogen) atoms. The zero-order valence-electron chi connectivity index (χ0n) is 25.4. The summed E-state index contributed by atoms with van der Waals surface area (Å²) in [4.78, 5) is 28.1. The molecule has 2 aromatic rings. The lowest BCUT2D eigenvalue weighted by Gasteiger charge is -2.50. The quantitative estimate of drug-likeness (QED) is 0.373. The molecule has 2 aromatic carbocycles. The zero-order chi connectivity index (χ0) is 29.3. The second kappa shape index (κ2) is 11.1. The number of carbonyl (C=O) groups is 2. The number of nitrogens with zero attached hydrogens (tertiary/aromatic N) is 1. The van der Waals surface area contributed by atoms with Crippen molar-refractivity contribution in [1.29, 1.82) is 0 Å². The third kappa shape index (κ3) is 5.89. The fourth-order valence-corrected chi connectivity index (χ4v) is 10.9. The topological polar surface area (TPSA) is 55.8 Å². The lowest BCUT2D eigenvalue weighted by atomic mass is 9.67. The van der Waals surface area contributed by atoms with Gasteiger partial charge in [0, 0.05) is 23.6 Å². The third-order valence-corrected chi connectivity index (χ3v) is 13.2. The Balaban J connectivity index is 1.71. The number of ketones is 1. The Labute approximate surface area is 241 Å². The highest BCUT2D eigenvalue weighted by Gasteiger charge is 2.55. The molecule has 1 amide bonds. The number of ether oxygens (including phenoxy) is 1. The van der Waals surface area contributed by atoms with Gasteiger partial charge >= 0.3 is 6.09 Å². The number of carbonyl (C=O) groups excluding carboxylic acids is 2. The zero-order valence-corrected chi connectivity index (χ0v) is 26.4. The van der Waals surface area contributed by atoms with Gasteiger partial charge in [-0.2, -0.15) is 0 Å². The van der Waals surface area contributed by atoms with Gasteiger partial charge in [0.1, 0.15) is 5.60 Å². The molecule has 0 saturated heterocycles. The molecule has 0 spiro atoms. The molecule has 0 bridgehead atoms. The minimum absolute atomic E-state index is 0.0734. The van der Waals surface area contributed by atoms with Crippen LogP contribution >= 0.6 is 0 Å². The van der Waals surface area contributed by atoms with Gasteiger partial charge in [-0.1, -0.05) is 107 Å². The average Bonchev–Trinajstić information content (AvgIpc) is 3.34. The fourth-order valence-electron chi connectivity index (χ4n) is 6.09. The largest absolute Gasteiger partial charge is 0.443 e. The van der Waals surface area contributed by atoms with Gasteiger partial charge in [-0.15, -0.1) is 0 Å². The minimum Gasteiger partial charge on any atom is -0.443 e. The van der Waals surface area contributed by atoms with Crippen LogP contribution in [0.1, 0.15) is 68.2 Å². The molecule has 0 N–H and O–H groups in total. The van der Waals surface area contributed by atoms with E-state index >= 15 is 0 Å². The van der Waals surface area contributed by atoms with E-state index in [1.165, 1.54) is 10.4 Å². The molecule has 2 atom stereocenters. The standard InChI is InChI=1S/C34H45NO4Si/c1-32(2,3)38-31(37)35-23-15-16-25(35)24-28-29(36)21-22-30(34(28,7)8)39-40(33(4,5)6,26-17-11-9-12-18-26)27-19-13-10-14-20-27/h9-14,16-22,28,30H,15,23-24H2,1-8H3/t28-,30+/m1/s1. The van der Waals surface area contributed by atoms with Crippen LogP contribution in [0.3, 0.4) is 0 Å². The maximum absolute atomic E-state index is 13.5. The van der Waals surface area contributed by atoms with Gasteiger partial charge in [-0.25, -0.2) is 4.79 Å². The van der Waals surface area contributed by atoms with Crippen LogP contribution in [0.15, 0.2) is 84.6 Å². The van der Waals surface area contributed by atoms with Crippen molar-refractivity contribution >= 4 is 30.6 Å². The van der Waals surface area contributed by atoms with Crippen LogP contribution in [0.5, 0.6) is 0 Å². The van der Waals surface area contributed by atoms with Crippen molar-refractivity contribution in [2.24, 2.45) is 11.3 Å². The van der Waals surface area contributed by atoms with Crippen molar-refractivity contribution in [3.63, 3.8) is 0 Å². The smallest absolute Gasteiger partial charge is 0.414 e. The van der Waals surface area contributed by atoms with Gasteiger partial charge in [-0.05, 0) is 55.1 Å². The summed E-state index contributed by atoms with van der Waals surface area (Å²) in [5.74, 6) is -0.265. The van der Waals surface area contributed by atoms with E-state index in [4.69, 9.17) is 9.16 Å². The van der Waals surface area contributed by atoms with Crippen LogP contribution < -0.4 is 10.4 Å². The molecule has 0 unspecified atom stereocenters. The molecule has 0 fully saturated rings. The highest BCUT2D eigenvalue weighted by molar-refractivity contribution is 6.99. The third-order valence-electron chi connectivity index (χ3n) is 8.24. The van der Waals surface area contributed by atoms with Gasteiger partial charge in [0.2, 0.25) is 0 Å². The van der Waals surface area contributed by atoms with Gasteiger partial charge in [-0.3, -0.25) is 9.69 Å².